The number of hydrogen-bond donors (Lipinski definition) is 3. The van der Waals surface area contributed by atoms with E-state index in [9.17, 15) is 43.2 Å². The second-order valence-electron chi connectivity index (χ2n) is 27.2. The van der Waals surface area contributed by atoms with E-state index in [-0.39, 0.29) is 25.7 Å². The summed E-state index contributed by atoms with van der Waals surface area (Å²) in [6.45, 7) is 7.10. The Hall–Kier alpha value is -2.46. The summed E-state index contributed by atoms with van der Waals surface area (Å²) in [7, 11) is -9.91. The molecular formula is C76H144O17P2. The van der Waals surface area contributed by atoms with Gasteiger partial charge in [-0.2, -0.15) is 0 Å². The highest BCUT2D eigenvalue weighted by Gasteiger charge is 2.30. The normalized spacial score (nSPS) is 14.1. The molecule has 0 bridgehead atoms. The monoisotopic (exact) mass is 1390 g/mol. The van der Waals surface area contributed by atoms with Crippen LogP contribution in [0, 0.1) is 5.92 Å². The third-order valence-corrected chi connectivity index (χ3v) is 19.1. The molecule has 0 aromatic heterocycles. The van der Waals surface area contributed by atoms with E-state index in [1.165, 1.54) is 180 Å². The average Bonchev–Trinajstić information content (AvgIpc) is 2.02. The summed E-state index contributed by atoms with van der Waals surface area (Å²) in [5, 5.41) is 10.6. The molecule has 0 heterocycles. The number of rotatable bonds is 74. The lowest BCUT2D eigenvalue weighted by Crippen LogP contribution is -2.30. The van der Waals surface area contributed by atoms with Crippen molar-refractivity contribution in [3.8, 4) is 0 Å². The third-order valence-electron chi connectivity index (χ3n) is 17.2. The Labute approximate surface area is 580 Å². The lowest BCUT2D eigenvalue weighted by atomic mass is 10.0. The van der Waals surface area contributed by atoms with Crippen molar-refractivity contribution in [2.45, 2.75) is 393 Å². The van der Waals surface area contributed by atoms with Crippen LogP contribution in [0.2, 0.25) is 0 Å². The molecule has 19 heteroatoms. The molecular weight excluding hydrogens is 1250 g/mol. The largest absolute Gasteiger partial charge is 0.472 e. The van der Waals surface area contributed by atoms with Crippen molar-refractivity contribution in [1.29, 1.82) is 0 Å². The molecule has 0 spiro atoms. The summed E-state index contributed by atoms with van der Waals surface area (Å²) in [5.41, 5.74) is 0. The Morgan fingerprint density at radius 1 is 0.326 bits per heavy atom. The number of hydrogen-bond acceptors (Lipinski definition) is 15. The van der Waals surface area contributed by atoms with Crippen LogP contribution in [0.4, 0.5) is 0 Å². The Kier molecular flexibility index (Phi) is 66.9. The summed E-state index contributed by atoms with van der Waals surface area (Å²) in [6.07, 6.45) is 60.9. The van der Waals surface area contributed by atoms with Gasteiger partial charge in [-0.25, -0.2) is 9.13 Å². The molecule has 95 heavy (non-hydrogen) atoms. The zero-order valence-electron chi connectivity index (χ0n) is 61.3. The SMILES string of the molecule is CCCCCC/C=C\C=C/CCCCCCCC(=O)OC[C@H](COP(=O)(O)OC[C@@H](O)COP(=O)(O)OC[C@@H](COC(=O)CCCCCCCCCCC)OC(=O)CCCCCCCCC(C)C)OC(=O)CCCCCCCCCCCCCCCCCCCCCCCC. The number of unbranched alkanes of at least 4 members (excludes halogenated alkanes) is 43. The molecule has 0 rings (SSSR count). The first-order valence-electron chi connectivity index (χ1n) is 39.0. The van der Waals surface area contributed by atoms with Crippen molar-refractivity contribution < 1.29 is 80.2 Å². The Morgan fingerprint density at radius 3 is 0.863 bits per heavy atom. The van der Waals surface area contributed by atoms with E-state index >= 15 is 0 Å². The molecule has 3 N–H and O–H groups in total. The fraction of sp³-hybridized carbons (Fsp3) is 0.895. The van der Waals surface area contributed by atoms with Crippen LogP contribution >= 0.6 is 15.6 Å². The molecule has 2 unspecified atom stereocenters. The van der Waals surface area contributed by atoms with Crippen LogP contribution in [0.25, 0.3) is 0 Å². The highest BCUT2D eigenvalue weighted by atomic mass is 31.2. The standard InChI is InChI=1S/C76H144O17P2/c1-6-9-12-15-18-21-23-25-27-28-29-30-31-32-33-35-37-39-42-45-51-56-61-75(80)92-71(65-87-74(79)60-55-50-44-41-38-36-34-26-24-22-19-16-13-10-7-2)67-90-94(82,83)88-63-70(77)64-89-95(84,85)91-68-72(93-76(81)62-57-52-47-46-48-53-58-69(4)5)66-86-73(78)59-54-49-43-40-20-17-14-11-8-3/h22,24,26,34,69-72,77H,6-21,23,25,27-33,35-68H2,1-5H3,(H,82,83)(H,84,85)/b24-22-,34-26-/t70-,71-,72-/m1/s1. The smallest absolute Gasteiger partial charge is 0.462 e. The van der Waals surface area contributed by atoms with E-state index in [0.29, 0.717) is 31.6 Å². The first-order chi connectivity index (χ1) is 46.0. The van der Waals surface area contributed by atoms with Gasteiger partial charge in [0.15, 0.2) is 12.2 Å². The predicted molar refractivity (Wildman–Crippen MR) is 386 cm³/mol. The van der Waals surface area contributed by atoms with Gasteiger partial charge in [0.05, 0.1) is 26.4 Å². The van der Waals surface area contributed by atoms with Gasteiger partial charge in [0.2, 0.25) is 0 Å². The molecule has 0 aliphatic rings. The number of carbonyl (C=O) groups is 4. The van der Waals surface area contributed by atoms with Crippen molar-refractivity contribution in [3.05, 3.63) is 24.3 Å². The molecule has 0 aromatic rings. The fourth-order valence-electron chi connectivity index (χ4n) is 11.2. The van der Waals surface area contributed by atoms with Crippen LogP contribution < -0.4 is 0 Å². The van der Waals surface area contributed by atoms with Gasteiger partial charge in [-0.15, -0.1) is 0 Å². The van der Waals surface area contributed by atoms with E-state index < -0.39 is 97.5 Å². The quantitative estimate of drug-likeness (QED) is 0.0169. The number of aliphatic hydroxyl groups is 1. The minimum Gasteiger partial charge on any atom is -0.462 e. The average molecular weight is 1390 g/mol. The van der Waals surface area contributed by atoms with E-state index in [0.717, 1.165) is 109 Å². The second kappa shape index (κ2) is 68.7. The van der Waals surface area contributed by atoms with Gasteiger partial charge in [-0.3, -0.25) is 37.3 Å². The maximum Gasteiger partial charge on any atom is 0.472 e. The minimum absolute atomic E-state index is 0.100. The predicted octanol–water partition coefficient (Wildman–Crippen LogP) is 22.0. The van der Waals surface area contributed by atoms with Crippen molar-refractivity contribution in [3.63, 3.8) is 0 Å². The lowest BCUT2D eigenvalue weighted by molar-refractivity contribution is -0.161. The molecule has 0 amide bonds. The number of esters is 4. The zero-order chi connectivity index (χ0) is 69.8. The Balaban J connectivity index is 5.19. The maximum absolute atomic E-state index is 13.1. The summed E-state index contributed by atoms with van der Waals surface area (Å²) < 4.78 is 68.3. The molecule has 0 fully saturated rings. The molecule has 560 valence electrons. The van der Waals surface area contributed by atoms with Crippen LogP contribution in [0.5, 0.6) is 0 Å². The lowest BCUT2D eigenvalue weighted by Gasteiger charge is -2.21. The summed E-state index contributed by atoms with van der Waals surface area (Å²) in [6, 6.07) is 0. The molecule has 0 aromatic carbocycles. The van der Waals surface area contributed by atoms with Crippen molar-refractivity contribution in [2.75, 3.05) is 39.6 Å². The number of carbonyl (C=O) groups excluding carboxylic acids is 4. The van der Waals surface area contributed by atoms with Crippen LogP contribution in [0.3, 0.4) is 0 Å². The van der Waals surface area contributed by atoms with Crippen molar-refractivity contribution in [1.82, 2.24) is 0 Å². The molecule has 5 atom stereocenters. The fourth-order valence-corrected chi connectivity index (χ4v) is 12.7. The zero-order valence-corrected chi connectivity index (χ0v) is 63.1. The van der Waals surface area contributed by atoms with E-state index in [4.69, 9.17) is 37.0 Å². The number of aliphatic hydroxyl groups excluding tert-OH is 1. The molecule has 0 aliphatic heterocycles. The molecule has 0 saturated carbocycles. The highest BCUT2D eigenvalue weighted by Crippen LogP contribution is 2.45. The van der Waals surface area contributed by atoms with Gasteiger partial charge in [-0.05, 0) is 57.3 Å². The number of phosphoric ester groups is 2. The second-order valence-corrected chi connectivity index (χ2v) is 30.1. The van der Waals surface area contributed by atoms with Gasteiger partial charge in [-0.1, -0.05) is 322 Å². The first-order valence-corrected chi connectivity index (χ1v) is 41.9. The molecule has 17 nitrogen and oxygen atoms in total. The topological polar surface area (TPSA) is 237 Å². The maximum atomic E-state index is 13.1. The number of allylic oxidation sites excluding steroid dienone is 4. The summed E-state index contributed by atoms with van der Waals surface area (Å²) in [4.78, 5) is 72.6. The first kappa shape index (κ1) is 92.5. The molecule has 0 aliphatic carbocycles. The van der Waals surface area contributed by atoms with Gasteiger partial charge < -0.3 is 33.8 Å². The van der Waals surface area contributed by atoms with Gasteiger partial charge in [0.1, 0.15) is 19.3 Å². The van der Waals surface area contributed by atoms with Crippen LogP contribution in [0.1, 0.15) is 375 Å². The Bertz CT molecular complexity index is 1920. The van der Waals surface area contributed by atoms with Crippen LogP contribution in [0.15, 0.2) is 24.3 Å². The van der Waals surface area contributed by atoms with E-state index in [1.807, 2.05) is 0 Å². The van der Waals surface area contributed by atoms with Gasteiger partial charge in [0.25, 0.3) is 0 Å². The van der Waals surface area contributed by atoms with Crippen LogP contribution in [-0.4, -0.2) is 96.7 Å². The van der Waals surface area contributed by atoms with Crippen molar-refractivity contribution >= 4 is 39.5 Å². The van der Waals surface area contributed by atoms with Crippen molar-refractivity contribution in [2.24, 2.45) is 5.92 Å². The van der Waals surface area contributed by atoms with Crippen LogP contribution in [-0.2, 0) is 65.4 Å². The third kappa shape index (κ3) is 69.8. The molecule has 0 saturated heterocycles. The van der Waals surface area contributed by atoms with E-state index in [1.54, 1.807) is 0 Å². The number of ether oxygens (including phenoxy) is 4. The van der Waals surface area contributed by atoms with Gasteiger partial charge >= 0.3 is 39.5 Å². The Morgan fingerprint density at radius 2 is 0.568 bits per heavy atom. The number of phosphoric acid groups is 2. The molecule has 0 radical (unpaired) electrons. The summed E-state index contributed by atoms with van der Waals surface area (Å²) >= 11 is 0. The van der Waals surface area contributed by atoms with Gasteiger partial charge in [0, 0.05) is 25.7 Å². The van der Waals surface area contributed by atoms with E-state index in [2.05, 4.69) is 58.9 Å². The summed E-state index contributed by atoms with van der Waals surface area (Å²) in [5.74, 6) is -1.49. The highest BCUT2D eigenvalue weighted by molar-refractivity contribution is 7.47. The minimum atomic E-state index is -4.96.